The van der Waals surface area contributed by atoms with Crippen molar-refractivity contribution in [2.24, 2.45) is 5.41 Å². The normalized spacial score (nSPS) is 23.1. The maximum atomic E-state index is 10.1. The van der Waals surface area contributed by atoms with Crippen LogP contribution in [0, 0.1) is 5.41 Å². The lowest BCUT2D eigenvalue weighted by molar-refractivity contribution is 0.204. The molecule has 1 atom stereocenters. The van der Waals surface area contributed by atoms with Crippen LogP contribution in [0.1, 0.15) is 35.2 Å². The maximum Gasteiger partial charge on any atom is 0.218 e. The van der Waals surface area contributed by atoms with Gasteiger partial charge < -0.3 is 5.11 Å². The number of hydrogen-bond acceptors (Lipinski definition) is 4. The second-order valence-electron chi connectivity index (χ2n) is 6.58. The van der Waals surface area contributed by atoms with Gasteiger partial charge in [0, 0.05) is 5.56 Å². The standard InChI is InChI=1S/C18H20N2OS/c1-22-17-19-15-11-18(9-7-14(15)16(21)20-17)8-6-12-4-2-3-5-13(12)10-18/h2-5H,6-11H2,1H3,(H,19,20,21)/t18-/m1/s1. The van der Waals surface area contributed by atoms with Gasteiger partial charge in [-0.1, -0.05) is 36.0 Å². The van der Waals surface area contributed by atoms with Crippen molar-refractivity contribution in [1.29, 1.82) is 0 Å². The Labute approximate surface area is 135 Å². The minimum atomic E-state index is 0.195. The summed E-state index contributed by atoms with van der Waals surface area (Å²) < 4.78 is 0. The summed E-state index contributed by atoms with van der Waals surface area (Å²) in [5.74, 6) is 0.195. The number of nitrogens with zero attached hydrogens (tertiary/aromatic N) is 2. The summed E-state index contributed by atoms with van der Waals surface area (Å²) in [5, 5.41) is 10.8. The van der Waals surface area contributed by atoms with Crippen LogP contribution in [-0.2, 0) is 25.7 Å². The Balaban J connectivity index is 1.69. The van der Waals surface area contributed by atoms with E-state index in [4.69, 9.17) is 0 Å². The quantitative estimate of drug-likeness (QED) is 0.646. The third-order valence-corrected chi connectivity index (χ3v) is 5.84. The lowest BCUT2D eigenvalue weighted by atomic mass is 9.63. The maximum absolute atomic E-state index is 10.1. The van der Waals surface area contributed by atoms with E-state index in [1.165, 1.54) is 29.3 Å². The van der Waals surface area contributed by atoms with Crippen LogP contribution in [0.15, 0.2) is 29.4 Å². The topological polar surface area (TPSA) is 46.0 Å². The van der Waals surface area contributed by atoms with Crippen LogP contribution >= 0.6 is 11.8 Å². The van der Waals surface area contributed by atoms with E-state index in [1.54, 1.807) is 0 Å². The first kappa shape index (κ1) is 14.1. The van der Waals surface area contributed by atoms with Crippen molar-refractivity contribution in [3.05, 3.63) is 46.6 Å². The Morgan fingerprint density at radius 1 is 1.05 bits per heavy atom. The van der Waals surface area contributed by atoms with Crippen molar-refractivity contribution in [1.82, 2.24) is 9.97 Å². The molecule has 0 unspecified atom stereocenters. The molecule has 0 radical (unpaired) electrons. The molecule has 0 aliphatic heterocycles. The highest BCUT2D eigenvalue weighted by molar-refractivity contribution is 7.98. The van der Waals surface area contributed by atoms with Crippen LogP contribution in [0.2, 0.25) is 0 Å². The third kappa shape index (κ3) is 2.30. The number of aryl methyl sites for hydroxylation is 1. The van der Waals surface area contributed by atoms with Gasteiger partial charge in [0.25, 0.3) is 0 Å². The number of fused-ring (bicyclic) bond motifs is 2. The first-order chi connectivity index (χ1) is 10.7. The monoisotopic (exact) mass is 312 g/mol. The highest BCUT2D eigenvalue weighted by atomic mass is 32.2. The number of rotatable bonds is 1. The van der Waals surface area contributed by atoms with Crippen molar-refractivity contribution in [2.75, 3.05) is 6.26 Å². The van der Waals surface area contributed by atoms with Gasteiger partial charge in [0.05, 0.1) is 5.69 Å². The smallest absolute Gasteiger partial charge is 0.218 e. The molecule has 0 saturated carbocycles. The molecular formula is C18H20N2OS. The average Bonchev–Trinajstić information content (AvgIpc) is 2.54. The SMILES string of the molecule is CSc1nc(O)c2c(n1)C[C@]1(CCc3ccccc3C1)CC2. The van der Waals surface area contributed by atoms with E-state index in [0.717, 1.165) is 43.4 Å². The van der Waals surface area contributed by atoms with E-state index < -0.39 is 0 Å². The van der Waals surface area contributed by atoms with Crippen molar-refractivity contribution >= 4 is 11.8 Å². The molecule has 0 fully saturated rings. The highest BCUT2D eigenvalue weighted by Gasteiger charge is 2.39. The van der Waals surface area contributed by atoms with Crippen molar-refractivity contribution in [3.63, 3.8) is 0 Å². The number of aromatic nitrogens is 2. The molecule has 4 rings (SSSR count). The van der Waals surface area contributed by atoms with Gasteiger partial charge in [-0.25, -0.2) is 4.98 Å². The summed E-state index contributed by atoms with van der Waals surface area (Å²) in [6.45, 7) is 0. The second kappa shape index (κ2) is 5.27. The van der Waals surface area contributed by atoms with E-state index in [9.17, 15) is 5.11 Å². The molecule has 2 aliphatic carbocycles. The highest BCUT2D eigenvalue weighted by Crippen LogP contribution is 2.46. The number of aromatic hydroxyl groups is 1. The molecule has 0 amide bonds. The minimum absolute atomic E-state index is 0.195. The summed E-state index contributed by atoms with van der Waals surface area (Å²) in [4.78, 5) is 8.87. The summed E-state index contributed by atoms with van der Waals surface area (Å²) in [5.41, 5.74) is 5.37. The zero-order chi connectivity index (χ0) is 15.2. The fourth-order valence-corrected chi connectivity index (χ4v) is 4.43. The molecule has 3 nitrogen and oxygen atoms in total. The first-order valence-corrected chi connectivity index (χ1v) is 9.11. The lowest BCUT2D eigenvalue weighted by Crippen LogP contribution is -2.35. The zero-order valence-electron chi connectivity index (χ0n) is 12.8. The van der Waals surface area contributed by atoms with Gasteiger partial charge in [0.15, 0.2) is 5.16 Å². The van der Waals surface area contributed by atoms with Crippen molar-refractivity contribution < 1.29 is 5.11 Å². The number of benzene rings is 1. The van der Waals surface area contributed by atoms with Gasteiger partial charge in [-0.15, -0.1) is 0 Å². The van der Waals surface area contributed by atoms with Gasteiger partial charge in [0.1, 0.15) is 0 Å². The van der Waals surface area contributed by atoms with Crippen LogP contribution in [0.4, 0.5) is 0 Å². The Morgan fingerprint density at radius 2 is 1.82 bits per heavy atom. The summed E-state index contributed by atoms with van der Waals surface area (Å²) >= 11 is 1.50. The van der Waals surface area contributed by atoms with Crippen molar-refractivity contribution in [2.45, 2.75) is 43.7 Å². The van der Waals surface area contributed by atoms with Gasteiger partial charge in [0.2, 0.25) is 5.88 Å². The minimum Gasteiger partial charge on any atom is -0.493 e. The van der Waals surface area contributed by atoms with Gasteiger partial charge >= 0.3 is 0 Å². The largest absolute Gasteiger partial charge is 0.493 e. The lowest BCUT2D eigenvalue weighted by Gasteiger charge is -2.41. The number of hydrogen-bond donors (Lipinski definition) is 1. The Hall–Kier alpha value is -1.55. The molecule has 1 heterocycles. The van der Waals surface area contributed by atoms with Gasteiger partial charge in [-0.05, 0) is 61.3 Å². The Morgan fingerprint density at radius 3 is 2.64 bits per heavy atom. The second-order valence-corrected chi connectivity index (χ2v) is 7.35. The van der Waals surface area contributed by atoms with E-state index in [0.29, 0.717) is 10.6 Å². The average molecular weight is 312 g/mol. The van der Waals surface area contributed by atoms with E-state index in [1.807, 2.05) is 6.26 Å². The molecule has 0 saturated heterocycles. The van der Waals surface area contributed by atoms with Gasteiger partial charge in [-0.2, -0.15) is 4.98 Å². The van der Waals surface area contributed by atoms with Crippen molar-refractivity contribution in [3.8, 4) is 5.88 Å². The molecule has 2 aliphatic rings. The molecule has 0 bridgehead atoms. The van der Waals surface area contributed by atoms with E-state index >= 15 is 0 Å². The third-order valence-electron chi connectivity index (χ3n) is 5.29. The van der Waals surface area contributed by atoms with E-state index in [2.05, 4.69) is 34.2 Å². The molecule has 114 valence electrons. The van der Waals surface area contributed by atoms with Gasteiger partial charge in [-0.3, -0.25) is 0 Å². The van der Waals surface area contributed by atoms with Crippen LogP contribution < -0.4 is 0 Å². The molecule has 1 aromatic carbocycles. The molecular weight excluding hydrogens is 292 g/mol. The zero-order valence-corrected chi connectivity index (χ0v) is 13.6. The first-order valence-electron chi connectivity index (χ1n) is 7.89. The fourth-order valence-electron chi connectivity index (χ4n) is 4.05. The molecule has 1 N–H and O–H groups in total. The number of thioether (sulfide) groups is 1. The molecule has 22 heavy (non-hydrogen) atoms. The van der Waals surface area contributed by atoms with Crippen LogP contribution in [-0.4, -0.2) is 21.3 Å². The van der Waals surface area contributed by atoms with Crippen LogP contribution in [0.3, 0.4) is 0 Å². The molecule has 4 heteroatoms. The summed E-state index contributed by atoms with van der Waals surface area (Å²) in [6.07, 6.45) is 8.49. The Bertz CT molecular complexity index is 731. The predicted molar refractivity (Wildman–Crippen MR) is 88.4 cm³/mol. The molecule has 1 spiro atoms. The Kier molecular flexibility index (Phi) is 3.37. The van der Waals surface area contributed by atoms with Crippen LogP contribution in [0.5, 0.6) is 5.88 Å². The van der Waals surface area contributed by atoms with Crippen LogP contribution in [0.25, 0.3) is 0 Å². The molecule has 2 aromatic rings. The summed E-state index contributed by atoms with van der Waals surface area (Å²) in [7, 11) is 0. The fraction of sp³-hybridized carbons (Fsp3) is 0.444. The van der Waals surface area contributed by atoms with E-state index in [-0.39, 0.29) is 5.88 Å². The molecule has 1 aromatic heterocycles. The predicted octanol–water partition coefficient (Wildman–Crippen LogP) is 3.57. The summed E-state index contributed by atoms with van der Waals surface area (Å²) in [6, 6.07) is 8.83.